The molecule has 48 valence electrons. The van der Waals surface area contributed by atoms with Crippen molar-refractivity contribution in [1.29, 1.82) is 0 Å². The predicted octanol–water partition coefficient (Wildman–Crippen LogP) is 0.349. The van der Waals surface area contributed by atoms with Crippen LogP contribution in [0.2, 0.25) is 0 Å². The van der Waals surface area contributed by atoms with Gasteiger partial charge >= 0.3 is 0 Å². The molecule has 1 atom stereocenters. The second-order valence-electron chi connectivity index (χ2n) is 1.34. The summed E-state index contributed by atoms with van der Waals surface area (Å²) in [5.74, 6) is 0. The number of rotatable bonds is 4. The van der Waals surface area contributed by atoms with Gasteiger partial charge in [0.1, 0.15) is 14.1 Å². The summed E-state index contributed by atoms with van der Waals surface area (Å²) in [5.41, 5.74) is 0. The van der Waals surface area contributed by atoms with E-state index in [9.17, 15) is 9.36 Å². The van der Waals surface area contributed by atoms with Crippen molar-refractivity contribution in [2.45, 2.75) is 0 Å². The van der Waals surface area contributed by atoms with Gasteiger partial charge in [0.05, 0.1) is 12.5 Å². The van der Waals surface area contributed by atoms with Crippen molar-refractivity contribution in [3.8, 4) is 0 Å². The van der Waals surface area contributed by atoms with Gasteiger partial charge < -0.3 is 14.1 Å². The Labute approximate surface area is 48.8 Å². The lowest BCUT2D eigenvalue weighted by atomic mass is 10.9. The van der Waals surface area contributed by atoms with E-state index >= 15 is 0 Å². The molecule has 0 N–H and O–H groups in total. The Hall–Kier alpha value is -0.140. The Bertz CT molecular complexity index is 91.3. The highest BCUT2D eigenvalue weighted by Crippen LogP contribution is 2.16. The third kappa shape index (κ3) is 4.03. The van der Waals surface area contributed by atoms with E-state index in [0.717, 1.165) is 0 Å². The van der Waals surface area contributed by atoms with Crippen molar-refractivity contribution in [2.24, 2.45) is 0 Å². The zero-order chi connectivity index (χ0) is 6.41. The summed E-state index contributed by atoms with van der Waals surface area (Å²) in [6, 6.07) is 0. The quantitative estimate of drug-likeness (QED) is 0.413. The largest absolute Gasteiger partial charge is 0.377 e. The molecule has 0 radical (unpaired) electrons. The molecule has 0 aromatic carbocycles. The van der Waals surface area contributed by atoms with Gasteiger partial charge in [0.25, 0.3) is 0 Å². The first-order valence-electron chi connectivity index (χ1n) is 2.25. The highest BCUT2D eigenvalue weighted by molar-refractivity contribution is 7.45. The molecule has 4 heteroatoms. The van der Waals surface area contributed by atoms with E-state index in [1.165, 1.54) is 7.11 Å². The summed E-state index contributed by atoms with van der Waals surface area (Å²) in [6.45, 7) is 0. The molecule has 0 heterocycles. The first kappa shape index (κ1) is 7.86. The molecule has 0 saturated carbocycles. The summed E-state index contributed by atoms with van der Waals surface area (Å²) < 4.78 is 15.0. The third-order valence-corrected chi connectivity index (χ3v) is 1.85. The van der Waals surface area contributed by atoms with Crippen LogP contribution >= 0.6 is 7.80 Å². The third-order valence-electron chi connectivity index (χ3n) is 0.616. The molecule has 0 aliphatic heterocycles. The molecule has 0 fully saturated rings. The molecule has 0 aliphatic rings. The molecule has 0 bridgehead atoms. The maximum atomic E-state index is 10.5. The average molecular weight is 136 g/mol. The van der Waals surface area contributed by atoms with Gasteiger partial charge in [-0.1, -0.05) is 0 Å². The van der Waals surface area contributed by atoms with Crippen molar-refractivity contribution in [2.75, 3.05) is 19.6 Å². The Morgan fingerprint density at radius 1 is 1.75 bits per heavy atom. The van der Waals surface area contributed by atoms with E-state index in [-0.39, 0.29) is 12.5 Å². The van der Waals surface area contributed by atoms with Crippen LogP contribution in [0.3, 0.4) is 0 Å². The molecule has 0 rings (SSSR count). The van der Waals surface area contributed by atoms with Gasteiger partial charge in [-0.2, -0.15) is 0 Å². The lowest BCUT2D eigenvalue weighted by molar-refractivity contribution is -0.105. The van der Waals surface area contributed by atoms with E-state index in [1.54, 1.807) is 0 Å². The average Bonchev–Trinajstić information content (AvgIpc) is 1.68. The first-order chi connectivity index (χ1) is 3.81. The fourth-order valence-corrected chi connectivity index (χ4v) is 0.939. The zero-order valence-electron chi connectivity index (χ0n) is 4.72. The number of ether oxygens (including phenoxy) is 1. The maximum absolute atomic E-state index is 10.5. The Morgan fingerprint density at radius 3 is 2.75 bits per heavy atom. The molecule has 0 amide bonds. The van der Waals surface area contributed by atoms with Crippen LogP contribution in [0, 0.1) is 0 Å². The smallest absolute Gasteiger partial charge is 0.127 e. The fourth-order valence-electron chi connectivity index (χ4n) is 0.313. The monoisotopic (exact) mass is 136 g/mol. The van der Waals surface area contributed by atoms with Crippen LogP contribution in [0.5, 0.6) is 0 Å². The molecule has 0 saturated heterocycles. The van der Waals surface area contributed by atoms with Gasteiger partial charge in [-0.3, -0.25) is 0 Å². The van der Waals surface area contributed by atoms with Crippen molar-refractivity contribution >= 4 is 14.1 Å². The normalized spacial score (nSPS) is 13.1. The van der Waals surface area contributed by atoms with Gasteiger partial charge in [-0.15, -0.1) is 0 Å². The highest BCUT2D eigenvalue weighted by Gasteiger charge is 1.93. The summed E-state index contributed by atoms with van der Waals surface area (Å²) in [5, 5.41) is 0. The number of carbonyl (C=O) groups is 1. The fraction of sp³-hybridized carbons (Fsp3) is 0.750. The molecule has 0 aromatic rings. The molecule has 0 aromatic heterocycles. The van der Waals surface area contributed by atoms with E-state index in [4.69, 9.17) is 0 Å². The van der Waals surface area contributed by atoms with Gasteiger partial charge in [0.15, 0.2) is 0 Å². The van der Waals surface area contributed by atoms with Crippen LogP contribution in [0.15, 0.2) is 0 Å². The molecule has 0 aliphatic carbocycles. The zero-order valence-corrected chi connectivity index (χ0v) is 5.72. The summed E-state index contributed by atoms with van der Waals surface area (Å²) in [6.07, 6.45) is 1.03. The molecule has 1 unspecified atom stereocenters. The number of carbonyl (C=O) groups excluding carboxylic acids is 1. The minimum atomic E-state index is -1.73. The van der Waals surface area contributed by atoms with E-state index < -0.39 is 7.80 Å². The van der Waals surface area contributed by atoms with Crippen molar-refractivity contribution < 1.29 is 14.1 Å². The summed E-state index contributed by atoms with van der Waals surface area (Å²) >= 11 is 0. The van der Waals surface area contributed by atoms with Crippen LogP contribution in [-0.4, -0.2) is 25.9 Å². The lowest BCUT2D eigenvalue weighted by Gasteiger charge is -1.91. The van der Waals surface area contributed by atoms with Crippen LogP contribution in [0.25, 0.3) is 0 Å². The molecular weight excluding hydrogens is 127 g/mol. The second kappa shape index (κ2) is 5.01. The molecule has 0 spiro atoms. The Kier molecular flexibility index (Phi) is 4.92. The lowest BCUT2D eigenvalue weighted by Crippen LogP contribution is -1.85. The topological polar surface area (TPSA) is 43.4 Å². The van der Waals surface area contributed by atoms with Crippen molar-refractivity contribution in [3.63, 3.8) is 0 Å². The molecule has 8 heavy (non-hydrogen) atoms. The van der Waals surface area contributed by atoms with Crippen molar-refractivity contribution in [1.82, 2.24) is 0 Å². The van der Waals surface area contributed by atoms with Gasteiger partial charge in [0, 0.05) is 7.11 Å². The number of hydrogen-bond donors (Lipinski definition) is 0. The van der Waals surface area contributed by atoms with Crippen LogP contribution in [0.4, 0.5) is 0 Å². The molecular formula is C4H9O3P. The van der Waals surface area contributed by atoms with Gasteiger partial charge in [0.2, 0.25) is 0 Å². The minimum absolute atomic E-state index is 0.151. The molecule has 3 nitrogen and oxygen atoms in total. The SMILES string of the molecule is COC[PH](=O)CC=O. The number of methoxy groups -OCH3 is 1. The van der Waals surface area contributed by atoms with Gasteiger partial charge in [-0.25, -0.2) is 0 Å². The predicted molar refractivity (Wildman–Crippen MR) is 31.8 cm³/mol. The number of aldehydes is 1. The van der Waals surface area contributed by atoms with Gasteiger partial charge in [-0.05, 0) is 0 Å². The maximum Gasteiger partial charge on any atom is 0.127 e. The highest BCUT2D eigenvalue weighted by atomic mass is 31.1. The van der Waals surface area contributed by atoms with E-state index in [2.05, 4.69) is 4.74 Å². The van der Waals surface area contributed by atoms with E-state index in [0.29, 0.717) is 6.29 Å². The Morgan fingerprint density at radius 2 is 2.38 bits per heavy atom. The van der Waals surface area contributed by atoms with Crippen LogP contribution in [0.1, 0.15) is 0 Å². The number of hydrogen-bond acceptors (Lipinski definition) is 3. The minimum Gasteiger partial charge on any atom is -0.377 e. The van der Waals surface area contributed by atoms with Crippen LogP contribution < -0.4 is 0 Å². The van der Waals surface area contributed by atoms with E-state index in [1.807, 2.05) is 0 Å². The summed E-state index contributed by atoms with van der Waals surface area (Å²) in [4.78, 5) is 9.66. The second-order valence-corrected chi connectivity index (χ2v) is 3.12. The summed E-state index contributed by atoms with van der Waals surface area (Å²) in [7, 11) is -0.266. The standard InChI is InChI=1S/C4H9O3P/c1-7-4-8(6)3-2-5/h2,8H,3-4H2,1H3. The van der Waals surface area contributed by atoms with Crippen molar-refractivity contribution in [3.05, 3.63) is 0 Å². The van der Waals surface area contributed by atoms with Crippen LogP contribution in [-0.2, 0) is 14.1 Å². The Balaban J connectivity index is 3.18. The first-order valence-corrected chi connectivity index (χ1v) is 4.07.